The second-order valence-electron chi connectivity index (χ2n) is 6.53. The highest BCUT2D eigenvalue weighted by Crippen LogP contribution is 2.19. The molecule has 0 saturated carbocycles. The largest absolute Gasteiger partial charge is 0.484 e. The third kappa shape index (κ3) is 4.86. The van der Waals surface area contributed by atoms with Crippen molar-refractivity contribution in [2.45, 2.75) is 25.5 Å². The molecule has 6 nitrogen and oxygen atoms in total. The second-order valence-corrected chi connectivity index (χ2v) is 6.53. The first-order valence-corrected chi connectivity index (χ1v) is 8.88. The van der Waals surface area contributed by atoms with Gasteiger partial charge < -0.3 is 19.5 Å². The maximum absolute atomic E-state index is 12.4. The van der Waals surface area contributed by atoms with Crippen molar-refractivity contribution >= 4 is 11.9 Å². The van der Waals surface area contributed by atoms with E-state index in [1.165, 1.54) is 18.2 Å². The van der Waals surface area contributed by atoms with E-state index >= 15 is 0 Å². The van der Waals surface area contributed by atoms with E-state index in [2.05, 4.69) is 12.1 Å². The number of carboxylic acid groups (broad SMARTS) is 1. The molecule has 0 fully saturated rings. The van der Waals surface area contributed by atoms with Crippen LogP contribution in [0.15, 0.2) is 48.5 Å². The van der Waals surface area contributed by atoms with E-state index in [0.717, 1.165) is 12.0 Å². The van der Waals surface area contributed by atoms with Crippen molar-refractivity contribution in [3.8, 4) is 5.75 Å². The fourth-order valence-corrected chi connectivity index (χ4v) is 3.15. The minimum Gasteiger partial charge on any atom is -0.484 e. The van der Waals surface area contributed by atoms with Gasteiger partial charge in [-0.25, -0.2) is 4.79 Å². The summed E-state index contributed by atoms with van der Waals surface area (Å²) in [6.45, 7) is 1.30. The van der Waals surface area contributed by atoms with Crippen molar-refractivity contribution in [2.24, 2.45) is 0 Å². The van der Waals surface area contributed by atoms with E-state index in [1.807, 2.05) is 17.0 Å². The number of methoxy groups -OCH3 is 1. The molecule has 27 heavy (non-hydrogen) atoms. The lowest BCUT2D eigenvalue weighted by atomic mass is 10.00. The number of nitrogens with zero attached hydrogens (tertiary/aromatic N) is 1. The SMILES string of the molecule is COC(Cc1ccc(OCC(=O)N2CCc3ccccc3C2)cc1)C(=O)O. The molecule has 1 unspecified atom stereocenters. The Bertz CT molecular complexity index is 802. The topological polar surface area (TPSA) is 76.1 Å². The molecular weight excluding hydrogens is 346 g/mol. The monoisotopic (exact) mass is 369 g/mol. The van der Waals surface area contributed by atoms with Crippen LogP contribution >= 0.6 is 0 Å². The van der Waals surface area contributed by atoms with E-state index in [9.17, 15) is 9.59 Å². The zero-order valence-corrected chi connectivity index (χ0v) is 15.3. The molecule has 0 bridgehead atoms. The summed E-state index contributed by atoms with van der Waals surface area (Å²) in [5.74, 6) is -0.459. The van der Waals surface area contributed by atoms with Crippen LogP contribution in [0.1, 0.15) is 16.7 Å². The predicted octanol–water partition coefficient (Wildman–Crippen LogP) is 2.29. The average Bonchev–Trinajstić information content (AvgIpc) is 2.70. The minimum atomic E-state index is -0.994. The Hall–Kier alpha value is -2.86. The van der Waals surface area contributed by atoms with Gasteiger partial charge in [0.1, 0.15) is 5.75 Å². The average molecular weight is 369 g/mol. The minimum absolute atomic E-state index is 0.0165. The molecular formula is C21H23NO5. The van der Waals surface area contributed by atoms with Gasteiger partial charge in [0.2, 0.25) is 0 Å². The van der Waals surface area contributed by atoms with Gasteiger partial charge in [-0.05, 0) is 35.2 Å². The highest BCUT2D eigenvalue weighted by molar-refractivity contribution is 5.78. The standard InChI is InChI=1S/C21H23NO5/c1-26-19(21(24)25)12-15-6-8-18(9-7-15)27-14-20(23)22-11-10-16-4-2-3-5-17(16)13-22/h2-9,19H,10-14H2,1H3,(H,24,25). The number of carboxylic acids is 1. The number of fused-ring (bicyclic) bond motifs is 1. The summed E-state index contributed by atoms with van der Waals surface area (Å²) in [6, 6.07) is 15.2. The van der Waals surface area contributed by atoms with Gasteiger partial charge >= 0.3 is 5.97 Å². The Morgan fingerprint density at radius 3 is 2.48 bits per heavy atom. The van der Waals surface area contributed by atoms with Crippen LogP contribution in [0.4, 0.5) is 0 Å². The van der Waals surface area contributed by atoms with Crippen molar-refractivity contribution in [3.05, 3.63) is 65.2 Å². The number of amides is 1. The fraction of sp³-hybridized carbons (Fsp3) is 0.333. The van der Waals surface area contributed by atoms with Crippen LogP contribution in [-0.4, -0.2) is 48.2 Å². The molecule has 2 aromatic carbocycles. The van der Waals surface area contributed by atoms with Crippen LogP contribution in [0.3, 0.4) is 0 Å². The highest BCUT2D eigenvalue weighted by atomic mass is 16.5. The van der Waals surface area contributed by atoms with Crippen molar-refractivity contribution < 1.29 is 24.2 Å². The fourth-order valence-electron chi connectivity index (χ4n) is 3.15. The van der Waals surface area contributed by atoms with Crippen molar-refractivity contribution in [1.82, 2.24) is 4.90 Å². The van der Waals surface area contributed by atoms with Gasteiger partial charge in [0.05, 0.1) is 0 Å². The van der Waals surface area contributed by atoms with Crippen molar-refractivity contribution in [2.75, 3.05) is 20.3 Å². The molecule has 1 atom stereocenters. The second kappa shape index (κ2) is 8.68. The number of rotatable bonds is 7. The van der Waals surface area contributed by atoms with Crippen LogP contribution in [-0.2, 0) is 33.7 Å². The summed E-state index contributed by atoms with van der Waals surface area (Å²) in [4.78, 5) is 25.3. The summed E-state index contributed by atoms with van der Waals surface area (Å²) in [5, 5.41) is 9.03. The Morgan fingerprint density at radius 2 is 1.81 bits per heavy atom. The maximum atomic E-state index is 12.4. The molecule has 1 aliphatic heterocycles. The first-order valence-electron chi connectivity index (χ1n) is 8.88. The Balaban J connectivity index is 1.51. The van der Waals surface area contributed by atoms with Gasteiger partial charge in [-0.1, -0.05) is 36.4 Å². The van der Waals surface area contributed by atoms with Crippen LogP contribution in [0.5, 0.6) is 5.75 Å². The van der Waals surface area contributed by atoms with Gasteiger partial charge in [-0.2, -0.15) is 0 Å². The zero-order chi connectivity index (χ0) is 19.2. The molecule has 6 heteroatoms. The Morgan fingerprint density at radius 1 is 1.11 bits per heavy atom. The first-order chi connectivity index (χ1) is 13.1. The van der Waals surface area contributed by atoms with Crippen LogP contribution in [0, 0.1) is 0 Å². The van der Waals surface area contributed by atoms with E-state index in [1.54, 1.807) is 24.3 Å². The molecule has 0 saturated heterocycles. The molecule has 2 aromatic rings. The summed E-state index contributed by atoms with van der Waals surface area (Å²) in [6.07, 6.45) is 0.263. The maximum Gasteiger partial charge on any atom is 0.333 e. The van der Waals surface area contributed by atoms with Gasteiger partial charge in [-0.3, -0.25) is 4.79 Å². The molecule has 142 valence electrons. The quantitative estimate of drug-likeness (QED) is 0.810. The number of carbonyl (C=O) groups is 2. The molecule has 0 aromatic heterocycles. The van der Waals surface area contributed by atoms with Gasteiger partial charge in [0.15, 0.2) is 12.7 Å². The first kappa shape index (κ1) is 18.9. The third-order valence-electron chi connectivity index (χ3n) is 4.75. The zero-order valence-electron chi connectivity index (χ0n) is 15.3. The summed E-state index contributed by atoms with van der Waals surface area (Å²) < 4.78 is 10.5. The van der Waals surface area contributed by atoms with Crippen LogP contribution < -0.4 is 4.74 Å². The normalized spacial score (nSPS) is 14.3. The number of aliphatic carboxylic acids is 1. The summed E-state index contributed by atoms with van der Waals surface area (Å²) in [7, 11) is 1.38. The smallest absolute Gasteiger partial charge is 0.333 e. The lowest BCUT2D eigenvalue weighted by Crippen LogP contribution is -2.38. The van der Waals surface area contributed by atoms with Gasteiger partial charge in [0.25, 0.3) is 5.91 Å². The molecule has 0 radical (unpaired) electrons. The van der Waals surface area contributed by atoms with E-state index < -0.39 is 12.1 Å². The summed E-state index contributed by atoms with van der Waals surface area (Å²) >= 11 is 0. The third-order valence-corrected chi connectivity index (χ3v) is 4.75. The molecule has 1 aliphatic rings. The van der Waals surface area contributed by atoms with E-state index in [-0.39, 0.29) is 18.9 Å². The Kier molecular flexibility index (Phi) is 6.08. The lowest BCUT2D eigenvalue weighted by molar-refractivity contribution is -0.148. The molecule has 1 amide bonds. The van der Waals surface area contributed by atoms with Gasteiger partial charge in [0, 0.05) is 26.6 Å². The summed E-state index contributed by atoms with van der Waals surface area (Å²) in [5.41, 5.74) is 3.32. The molecule has 1 N–H and O–H groups in total. The number of benzene rings is 2. The van der Waals surface area contributed by atoms with Crippen molar-refractivity contribution in [1.29, 1.82) is 0 Å². The number of carbonyl (C=O) groups excluding carboxylic acids is 1. The van der Waals surface area contributed by atoms with Crippen LogP contribution in [0.25, 0.3) is 0 Å². The molecule has 1 heterocycles. The molecule has 0 aliphatic carbocycles. The van der Waals surface area contributed by atoms with Crippen molar-refractivity contribution in [3.63, 3.8) is 0 Å². The molecule has 3 rings (SSSR count). The molecule has 0 spiro atoms. The predicted molar refractivity (Wildman–Crippen MR) is 99.6 cm³/mol. The Labute approximate surface area is 158 Å². The number of hydrogen-bond acceptors (Lipinski definition) is 4. The van der Waals surface area contributed by atoms with Crippen LogP contribution in [0.2, 0.25) is 0 Å². The number of hydrogen-bond donors (Lipinski definition) is 1. The van der Waals surface area contributed by atoms with Gasteiger partial charge in [-0.15, -0.1) is 0 Å². The van der Waals surface area contributed by atoms with E-state index in [4.69, 9.17) is 14.6 Å². The lowest BCUT2D eigenvalue weighted by Gasteiger charge is -2.28. The van der Waals surface area contributed by atoms with E-state index in [0.29, 0.717) is 18.8 Å². The number of ether oxygens (including phenoxy) is 2. The highest BCUT2D eigenvalue weighted by Gasteiger charge is 2.21.